The lowest BCUT2D eigenvalue weighted by Gasteiger charge is -2.12. The first-order valence-corrected chi connectivity index (χ1v) is 9.84. The number of nitrogens with one attached hydrogen (secondary N) is 1. The molecule has 2 aromatic carbocycles. The Kier molecular flexibility index (Phi) is 5.84. The van der Waals surface area contributed by atoms with Gasteiger partial charge < -0.3 is 14.8 Å². The van der Waals surface area contributed by atoms with Crippen molar-refractivity contribution in [1.82, 2.24) is 24.5 Å². The molecule has 32 heavy (non-hydrogen) atoms. The van der Waals surface area contributed by atoms with Gasteiger partial charge in [0.15, 0.2) is 11.2 Å². The van der Waals surface area contributed by atoms with Crippen molar-refractivity contribution in [2.45, 2.75) is 20.0 Å². The summed E-state index contributed by atoms with van der Waals surface area (Å²) in [5.41, 5.74) is 2.62. The summed E-state index contributed by atoms with van der Waals surface area (Å²) in [5, 5.41) is 10.8. The van der Waals surface area contributed by atoms with Gasteiger partial charge in [0.25, 0.3) is 5.56 Å². The molecule has 0 bridgehead atoms. The Bertz CT molecular complexity index is 1330. The fraction of sp³-hybridized carbons (Fsp3) is 0.227. The first kappa shape index (κ1) is 21.0. The number of hydrogen-bond acceptors (Lipinski definition) is 7. The van der Waals surface area contributed by atoms with E-state index in [9.17, 15) is 9.59 Å². The van der Waals surface area contributed by atoms with Gasteiger partial charge in [0.2, 0.25) is 5.91 Å². The van der Waals surface area contributed by atoms with E-state index in [1.54, 1.807) is 22.9 Å². The number of rotatable bonds is 7. The average Bonchev–Trinajstić information content (AvgIpc) is 3.20. The Morgan fingerprint density at radius 2 is 1.88 bits per heavy atom. The van der Waals surface area contributed by atoms with E-state index in [2.05, 4.69) is 20.6 Å². The number of amides is 1. The highest BCUT2D eigenvalue weighted by molar-refractivity contribution is 5.92. The minimum absolute atomic E-state index is 0.103. The highest BCUT2D eigenvalue weighted by atomic mass is 16.5. The summed E-state index contributed by atoms with van der Waals surface area (Å²) in [7, 11) is 3.03. The van der Waals surface area contributed by atoms with Gasteiger partial charge in [-0.05, 0) is 24.6 Å². The molecule has 4 rings (SSSR count). The van der Waals surface area contributed by atoms with Gasteiger partial charge in [0.05, 0.1) is 26.5 Å². The molecule has 1 amide bonds. The number of anilines is 1. The number of aromatic nitrogens is 5. The van der Waals surface area contributed by atoms with Crippen LogP contribution in [0.25, 0.3) is 11.2 Å². The molecule has 1 N–H and O–H groups in total. The molecule has 0 aliphatic heterocycles. The number of ether oxygens (including phenoxy) is 2. The van der Waals surface area contributed by atoms with Crippen LogP contribution < -0.4 is 20.3 Å². The summed E-state index contributed by atoms with van der Waals surface area (Å²) >= 11 is 0. The van der Waals surface area contributed by atoms with E-state index in [1.165, 1.54) is 25.1 Å². The van der Waals surface area contributed by atoms with Crippen molar-refractivity contribution in [3.63, 3.8) is 0 Å². The van der Waals surface area contributed by atoms with E-state index in [1.807, 2.05) is 31.2 Å². The molecule has 0 saturated heterocycles. The van der Waals surface area contributed by atoms with Gasteiger partial charge >= 0.3 is 0 Å². The van der Waals surface area contributed by atoms with Crippen LogP contribution in [0.1, 0.15) is 11.1 Å². The van der Waals surface area contributed by atoms with Crippen LogP contribution in [-0.2, 0) is 17.9 Å². The van der Waals surface area contributed by atoms with Gasteiger partial charge in [0.1, 0.15) is 24.4 Å². The van der Waals surface area contributed by atoms with Gasteiger partial charge in [-0.2, -0.15) is 0 Å². The third kappa shape index (κ3) is 4.29. The number of aryl methyl sites for hydroxylation is 1. The summed E-state index contributed by atoms with van der Waals surface area (Å²) in [4.78, 5) is 29.7. The molecule has 2 heterocycles. The molecule has 4 aromatic rings. The number of methoxy groups -OCH3 is 2. The lowest BCUT2D eigenvalue weighted by Crippen LogP contribution is -2.28. The third-order valence-electron chi connectivity index (χ3n) is 4.94. The molecule has 0 aliphatic rings. The Hall–Kier alpha value is -4.21. The third-order valence-corrected chi connectivity index (χ3v) is 4.94. The van der Waals surface area contributed by atoms with Crippen LogP contribution in [0.15, 0.2) is 53.6 Å². The SMILES string of the molecule is COc1ccc(OC)c(NC(=O)Cn2cnc3c(nnn3Cc3ccc(C)cc3)c2=O)c1. The summed E-state index contributed by atoms with van der Waals surface area (Å²) in [6.45, 7) is 2.20. The van der Waals surface area contributed by atoms with E-state index in [0.29, 0.717) is 29.4 Å². The van der Waals surface area contributed by atoms with Crippen molar-refractivity contribution in [1.29, 1.82) is 0 Å². The smallest absolute Gasteiger partial charge is 0.283 e. The van der Waals surface area contributed by atoms with Crippen LogP contribution in [0.5, 0.6) is 11.5 Å². The van der Waals surface area contributed by atoms with Crippen molar-refractivity contribution in [2.75, 3.05) is 19.5 Å². The molecule has 10 nitrogen and oxygen atoms in total. The molecule has 0 saturated carbocycles. The van der Waals surface area contributed by atoms with Crippen molar-refractivity contribution in [3.8, 4) is 11.5 Å². The highest BCUT2D eigenvalue weighted by Crippen LogP contribution is 2.28. The molecule has 10 heteroatoms. The number of carbonyl (C=O) groups excluding carboxylic acids is 1. The fourth-order valence-corrected chi connectivity index (χ4v) is 3.23. The largest absolute Gasteiger partial charge is 0.497 e. The highest BCUT2D eigenvalue weighted by Gasteiger charge is 2.15. The lowest BCUT2D eigenvalue weighted by atomic mass is 10.1. The molecular formula is C22H22N6O4. The van der Waals surface area contributed by atoms with Crippen LogP contribution in [0.4, 0.5) is 5.69 Å². The standard InChI is InChI=1S/C22H22N6O4/c1-14-4-6-15(7-5-14)11-28-21-20(25-26-28)22(30)27(13-23-21)12-19(29)24-17-10-16(31-2)8-9-18(17)32-3/h4-10,13H,11-12H2,1-3H3,(H,24,29). The summed E-state index contributed by atoms with van der Waals surface area (Å²) in [6, 6.07) is 13.0. The van der Waals surface area contributed by atoms with Crippen LogP contribution in [0, 0.1) is 6.92 Å². The van der Waals surface area contributed by atoms with Gasteiger partial charge in [-0.25, -0.2) is 9.67 Å². The molecule has 0 radical (unpaired) electrons. The molecule has 0 unspecified atom stereocenters. The Morgan fingerprint density at radius 1 is 1.09 bits per heavy atom. The molecular weight excluding hydrogens is 412 g/mol. The Balaban J connectivity index is 1.54. The van der Waals surface area contributed by atoms with Gasteiger partial charge in [-0.3, -0.25) is 14.2 Å². The van der Waals surface area contributed by atoms with Crippen molar-refractivity contribution >= 4 is 22.8 Å². The van der Waals surface area contributed by atoms with Crippen LogP contribution in [0.2, 0.25) is 0 Å². The summed E-state index contributed by atoms with van der Waals surface area (Å²) < 4.78 is 13.2. The fourth-order valence-electron chi connectivity index (χ4n) is 3.23. The molecule has 0 aliphatic carbocycles. The van der Waals surface area contributed by atoms with Crippen LogP contribution in [0.3, 0.4) is 0 Å². The van der Waals surface area contributed by atoms with Crippen LogP contribution >= 0.6 is 0 Å². The van der Waals surface area contributed by atoms with Crippen molar-refractivity contribution in [3.05, 3.63) is 70.3 Å². The number of carbonyl (C=O) groups is 1. The predicted octanol–water partition coefficient (Wildman–Crippen LogP) is 2.00. The predicted molar refractivity (Wildman–Crippen MR) is 118 cm³/mol. The number of fused-ring (bicyclic) bond motifs is 1. The number of hydrogen-bond donors (Lipinski definition) is 1. The Morgan fingerprint density at radius 3 is 2.59 bits per heavy atom. The first-order chi connectivity index (χ1) is 15.5. The average molecular weight is 434 g/mol. The maximum Gasteiger partial charge on any atom is 0.283 e. The van der Waals surface area contributed by atoms with Crippen LogP contribution in [-0.4, -0.2) is 44.7 Å². The number of nitrogens with zero attached hydrogens (tertiary/aromatic N) is 5. The number of benzene rings is 2. The zero-order chi connectivity index (χ0) is 22.7. The Labute approximate surface area is 183 Å². The zero-order valence-electron chi connectivity index (χ0n) is 17.9. The van der Waals surface area contributed by atoms with Crippen molar-refractivity contribution < 1.29 is 14.3 Å². The monoisotopic (exact) mass is 434 g/mol. The second kappa shape index (κ2) is 8.88. The molecule has 0 atom stereocenters. The topological polar surface area (TPSA) is 113 Å². The van der Waals surface area contributed by atoms with Gasteiger partial charge in [-0.1, -0.05) is 35.0 Å². The molecule has 0 fully saturated rings. The van der Waals surface area contributed by atoms with E-state index in [-0.39, 0.29) is 12.1 Å². The lowest BCUT2D eigenvalue weighted by molar-refractivity contribution is -0.116. The second-order valence-electron chi connectivity index (χ2n) is 7.20. The van der Waals surface area contributed by atoms with Gasteiger partial charge in [-0.15, -0.1) is 5.10 Å². The minimum atomic E-state index is -0.446. The van der Waals surface area contributed by atoms with Gasteiger partial charge in [0, 0.05) is 6.07 Å². The molecule has 2 aromatic heterocycles. The summed E-state index contributed by atoms with van der Waals surface area (Å²) in [5.74, 6) is 0.609. The zero-order valence-corrected chi connectivity index (χ0v) is 17.9. The molecule has 164 valence electrons. The maximum atomic E-state index is 12.8. The summed E-state index contributed by atoms with van der Waals surface area (Å²) in [6.07, 6.45) is 1.32. The van der Waals surface area contributed by atoms with E-state index < -0.39 is 11.5 Å². The first-order valence-electron chi connectivity index (χ1n) is 9.84. The van der Waals surface area contributed by atoms with E-state index >= 15 is 0 Å². The van der Waals surface area contributed by atoms with E-state index in [0.717, 1.165) is 11.1 Å². The normalized spacial score (nSPS) is 10.8. The maximum absolute atomic E-state index is 12.8. The second-order valence-corrected chi connectivity index (χ2v) is 7.20. The van der Waals surface area contributed by atoms with E-state index in [4.69, 9.17) is 9.47 Å². The quantitative estimate of drug-likeness (QED) is 0.473. The molecule has 0 spiro atoms. The minimum Gasteiger partial charge on any atom is -0.497 e. The van der Waals surface area contributed by atoms with Crippen molar-refractivity contribution in [2.24, 2.45) is 0 Å².